The Morgan fingerprint density at radius 3 is 2.93 bits per heavy atom. The van der Waals surface area contributed by atoms with Gasteiger partial charge in [-0.15, -0.1) is 0 Å². The van der Waals surface area contributed by atoms with E-state index in [0.29, 0.717) is 5.92 Å². The number of hydrogen-bond donors (Lipinski definition) is 1. The third-order valence-electron chi connectivity index (χ3n) is 5.27. The summed E-state index contributed by atoms with van der Waals surface area (Å²) in [7, 11) is 0. The molecular formula is C20H21N7. The third-order valence-corrected chi connectivity index (χ3v) is 5.27. The fourth-order valence-corrected chi connectivity index (χ4v) is 3.99. The number of aromatic nitrogens is 6. The number of anilines is 1. The molecule has 1 aliphatic rings. The highest BCUT2D eigenvalue weighted by atomic mass is 15.2. The zero-order valence-electron chi connectivity index (χ0n) is 15.0. The van der Waals surface area contributed by atoms with Crippen LogP contribution >= 0.6 is 0 Å². The number of nitrogens with zero attached hydrogens (tertiary/aromatic N) is 6. The average molecular weight is 359 g/mol. The lowest BCUT2D eigenvalue weighted by atomic mass is 9.97. The van der Waals surface area contributed by atoms with Crippen LogP contribution in [-0.2, 0) is 6.54 Å². The van der Waals surface area contributed by atoms with E-state index in [9.17, 15) is 0 Å². The van der Waals surface area contributed by atoms with Crippen LogP contribution in [0.3, 0.4) is 0 Å². The standard InChI is InChI=1S/C20H21N7/c1-2-16(19-23-9-11-27(19)12-15-3-6-21-7-4-15)13-26(10-1)20-17-5-8-22-18(17)24-14-25-20/h3-9,11,14,16H,1-2,10,12-13H2,(H,22,24,25)/t16-/m0/s1. The van der Waals surface area contributed by atoms with Gasteiger partial charge in [-0.25, -0.2) is 15.0 Å². The SMILES string of the molecule is c1cc(Cn2ccnc2[C@H]2CCCN(c3ncnc4[nH]ccc34)C2)ccn1. The Labute approximate surface area is 157 Å². The monoisotopic (exact) mass is 359 g/mol. The normalized spacial score (nSPS) is 17.5. The predicted molar refractivity (Wildman–Crippen MR) is 104 cm³/mol. The molecule has 27 heavy (non-hydrogen) atoms. The minimum absolute atomic E-state index is 0.388. The van der Waals surface area contributed by atoms with E-state index in [1.165, 1.54) is 5.56 Å². The highest BCUT2D eigenvalue weighted by molar-refractivity contribution is 5.87. The third kappa shape index (κ3) is 3.05. The van der Waals surface area contributed by atoms with Crippen LogP contribution in [-0.4, -0.2) is 42.6 Å². The maximum absolute atomic E-state index is 4.70. The van der Waals surface area contributed by atoms with Crippen molar-refractivity contribution >= 4 is 16.9 Å². The van der Waals surface area contributed by atoms with Crippen molar-refractivity contribution in [3.8, 4) is 0 Å². The topological polar surface area (TPSA) is 75.5 Å². The van der Waals surface area contributed by atoms with Crippen LogP contribution in [0.2, 0.25) is 0 Å². The number of rotatable bonds is 4. The Morgan fingerprint density at radius 2 is 2.00 bits per heavy atom. The summed E-state index contributed by atoms with van der Waals surface area (Å²) >= 11 is 0. The van der Waals surface area contributed by atoms with Crippen LogP contribution in [0.5, 0.6) is 0 Å². The predicted octanol–water partition coefficient (Wildman–Crippen LogP) is 2.98. The van der Waals surface area contributed by atoms with Crippen molar-refractivity contribution in [1.82, 2.24) is 29.5 Å². The molecule has 0 spiro atoms. The lowest BCUT2D eigenvalue weighted by molar-refractivity contribution is 0.475. The van der Waals surface area contributed by atoms with E-state index in [1.54, 1.807) is 6.33 Å². The van der Waals surface area contributed by atoms with Crippen molar-refractivity contribution in [1.29, 1.82) is 0 Å². The van der Waals surface area contributed by atoms with Crippen molar-refractivity contribution in [2.24, 2.45) is 0 Å². The van der Waals surface area contributed by atoms with Crippen LogP contribution in [0.1, 0.15) is 30.1 Å². The zero-order valence-corrected chi connectivity index (χ0v) is 15.0. The fourth-order valence-electron chi connectivity index (χ4n) is 3.99. The molecule has 0 aromatic carbocycles. The Morgan fingerprint density at radius 1 is 1.07 bits per heavy atom. The van der Waals surface area contributed by atoms with Gasteiger partial charge in [-0.2, -0.15) is 0 Å². The lowest BCUT2D eigenvalue weighted by Crippen LogP contribution is -2.36. The number of imidazole rings is 1. The highest BCUT2D eigenvalue weighted by Crippen LogP contribution is 2.31. The molecule has 1 N–H and O–H groups in total. The van der Waals surface area contributed by atoms with Gasteiger partial charge in [0, 0.05) is 56.5 Å². The minimum atomic E-state index is 0.388. The van der Waals surface area contributed by atoms with E-state index in [0.717, 1.165) is 55.2 Å². The molecule has 1 atom stereocenters. The smallest absolute Gasteiger partial charge is 0.142 e. The van der Waals surface area contributed by atoms with E-state index in [4.69, 9.17) is 4.98 Å². The number of fused-ring (bicyclic) bond motifs is 1. The summed E-state index contributed by atoms with van der Waals surface area (Å²) in [4.78, 5) is 23.2. The Balaban J connectivity index is 1.41. The van der Waals surface area contributed by atoms with Gasteiger partial charge in [0.25, 0.3) is 0 Å². The number of nitrogens with one attached hydrogen (secondary N) is 1. The summed E-state index contributed by atoms with van der Waals surface area (Å²) in [5.74, 6) is 2.55. The summed E-state index contributed by atoms with van der Waals surface area (Å²) in [5.41, 5.74) is 2.13. The quantitative estimate of drug-likeness (QED) is 0.606. The molecular weight excluding hydrogens is 338 g/mol. The van der Waals surface area contributed by atoms with Crippen molar-refractivity contribution < 1.29 is 0 Å². The first-order valence-electron chi connectivity index (χ1n) is 9.31. The first kappa shape index (κ1) is 16.0. The molecule has 1 saturated heterocycles. The molecule has 4 aromatic heterocycles. The van der Waals surface area contributed by atoms with Crippen LogP contribution in [0, 0.1) is 0 Å². The summed E-state index contributed by atoms with van der Waals surface area (Å²) < 4.78 is 2.26. The highest BCUT2D eigenvalue weighted by Gasteiger charge is 2.26. The molecule has 0 amide bonds. The van der Waals surface area contributed by atoms with Gasteiger partial charge >= 0.3 is 0 Å². The van der Waals surface area contributed by atoms with Crippen molar-refractivity contribution in [3.63, 3.8) is 0 Å². The number of hydrogen-bond acceptors (Lipinski definition) is 5. The molecule has 7 heteroatoms. The van der Waals surface area contributed by atoms with Gasteiger partial charge < -0.3 is 14.5 Å². The van der Waals surface area contributed by atoms with Gasteiger partial charge in [-0.1, -0.05) is 0 Å². The first-order chi connectivity index (χ1) is 13.4. The van der Waals surface area contributed by atoms with E-state index in [1.807, 2.05) is 24.8 Å². The molecule has 5 heterocycles. The summed E-state index contributed by atoms with van der Waals surface area (Å²) in [6, 6.07) is 6.17. The van der Waals surface area contributed by atoms with Gasteiger partial charge in [0.15, 0.2) is 0 Å². The number of H-pyrrole nitrogens is 1. The molecule has 136 valence electrons. The Bertz CT molecular complexity index is 1040. The zero-order chi connectivity index (χ0) is 18.1. The maximum atomic E-state index is 4.70. The summed E-state index contributed by atoms with van der Waals surface area (Å²) in [6.45, 7) is 2.76. The molecule has 0 unspecified atom stereocenters. The van der Waals surface area contributed by atoms with E-state index >= 15 is 0 Å². The van der Waals surface area contributed by atoms with E-state index in [2.05, 4.69) is 53.8 Å². The molecule has 0 aliphatic carbocycles. The number of aromatic amines is 1. The second kappa shape index (κ2) is 6.83. The Hall–Kier alpha value is -3.22. The Kier molecular flexibility index (Phi) is 4.04. The van der Waals surface area contributed by atoms with Crippen molar-refractivity contribution in [3.05, 3.63) is 66.9 Å². The van der Waals surface area contributed by atoms with E-state index < -0.39 is 0 Å². The molecule has 0 saturated carbocycles. The molecule has 1 aliphatic heterocycles. The van der Waals surface area contributed by atoms with Crippen LogP contribution in [0.4, 0.5) is 5.82 Å². The van der Waals surface area contributed by atoms with E-state index in [-0.39, 0.29) is 0 Å². The van der Waals surface area contributed by atoms with Crippen LogP contribution in [0.15, 0.2) is 55.5 Å². The second-order valence-electron chi connectivity index (χ2n) is 6.99. The molecule has 0 bridgehead atoms. The minimum Gasteiger partial charge on any atom is -0.355 e. The van der Waals surface area contributed by atoms with Crippen LogP contribution < -0.4 is 4.90 Å². The molecule has 0 radical (unpaired) electrons. The van der Waals surface area contributed by atoms with Gasteiger partial charge in [0.2, 0.25) is 0 Å². The molecule has 4 aromatic rings. The van der Waals surface area contributed by atoms with Gasteiger partial charge in [0.05, 0.1) is 5.39 Å². The first-order valence-corrected chi connectivity index (χ1v) is 9.31. The summed E-state index contributed by atoms with van der Waals surface area (Å²) in [5, 5.41) is 1.08. The maximum Gasteiger partial charge on any atom is 0.142 e. The lowest BCUT2D eigenvalue weighted by Gasteiger charge is -2.33. The van der Waals surface area contributed by atoms with Crippen molar-refractivity contribution in [2.45, 2.75) is 25.3 Å². The average Bonchev–Trinajstić information content (AvgIpc) is 3.38. The molecule has 5 rings (SSSR count). The van der Waals surface area contributed by atoms with Gasteiger partial charge in [-0.3, -0.25) is 4.98 Å². The van der Waals surface area contributed by atoms with Gasteiger partial charge in [-0.05, 0) is 36.6 Å². The molecule has 1 fully saturated rings. The van der Waals surface area contributed by atoms with Crippen molar-refractivity contribution in [2.75, 3.05) is 18.0 Å². The molecule has 7 nitrogen and oxygen atoms in total. The van der Waals surface area contributed by atoms with Crippen LogP contribution in [0.25, 0.3) is 11.0 Å². The number of piperidine rings is 1. The fraction of sp³-hybridized carbons (Fsp3) is 0.300. The van der Waals surface area contributed by atoms with Gasteiger partial charge in [0.1, 0.15) is 23.6 Å². The largest absolute Gasteiger partial charge is 0.355 e. The second-order valence-corrected chi connectivity index (χ2v) is 6.99. The number of pyridine rings is 1. The summed E-state index contributed by atoms with van der Waals surface area (Å²) in [6.07, 6.45) is 13.5.